The molecule has 238 valence electrons. The van der Waals surface area contributed by atoms with Crippen molar-refractivity contribution < 1.29 is 33.1 Å². The van der Waals surface area contributed by atoms with E-state index in [-0.39, 0.29) is 31.0 Å². The molecule has 1 aromatic heterocycles. The molecule has 12 heteroatoms. The second-order valence-corrected chi connectivity index (χ2v) is 10.5. The van der Waals surface area contributed by atoms with E-state index in [0.29, 0.717) is 27.3 Å². The minimum atomic E-state index is -0.588. The quantitative estimate of drug-likeness (QED) is 0.204. The Labute approximate surface area is 265 Å². The van der Waals surface area contributed by atoms with E-state index in [1.807, 2.05) is 57.8 Å². The molecular formula is C33H37FN4O6S. The van der Waals surface area contributed by atoms with Crippen molar-refractivity contribution in [1.82, 2.24) is 15.6 Å². The number of carbonyl (C=O) groups is 5. The normalized spacial score (nSPS) is 12.0. The number of fused-ring (bicyclic) bond motifs is 1. The van der Waals surface area contributed by atoms with Crippen molar-refractivity contribution in [2.45, 2.75) is 52.2 Å². The molecule has 0 aliphatic heterocycles. The maximum atomic E-state index is 15.0. The van der Waals surface area contributed by atoms with Gasteiger partial charge in [-0.15, -0.1) is 11.3 Å². The molecule has 1 saturated carbocycles. The van der Waals surface area contributed by atoms with Crippen LogP contribution in [0.1, 0.15) is 50.1 Å². The smallest absolute Gasteiger partial charge is 0.411 e. The Balaban J connectivity index is 0.00000111. The lowest BCUT2D eigenvalue weighted by molar-refractivity contribution is -0.126. The van der Waals surface area contributed by atoms with Crippen LogP contribution in [0.3, 0.4) is 0 Å². The molecule has 3 N–H and O–H groups in total. The first-order valence-electron chi connectivity index (χ1n) is 14.2. The summed E-state index contributed by atoms with van der Waals surface area (Å²) < 4.78 is 21.0. The van der Waals surface area contributed by atoms with Crippen LogP contribution in [-0.4, -0.2) is 49.1 Å². The predicted molar refractivity (Wildman–Crippen MR) is 173 cm³/mol. The maximum Gasteiger partial charge on any atom is 0.411 e. The SMILES string of the molecule is C=O.C=O.CC.CC(C(=O)NCC(=O)NC1CC1)c1nc2cc(F)c(-c3ccc(NC(=O)OCc4ccccc4)cc3)cc2s1. The lowest BCUT2D eigenvalue weighted by Gasteiger charge is -2.09. The molecule has 10 nitrogen and oxygen atoms in total. The molecule has 3 amide bonds. The van der Waals surface area contributed by atoms with Crippen molar-refractivity contribution in [1.29, 1.82) is 0 Å². The van der Waals surface area contributed by atoms with E-state index in [2.05, 4.69) is 20.9 Å². The highest BCUT2D eigenvalue weighted by atomic mass is 32.1. The molecule has 1 unspecified atom stereocenters. The van der Waals surface area contributed by atoms with Gasteiger partial charge in [-0.05, 0) is 49.1 Å². The molecule has 1 fully saturated rings. The van der Waals surface area contributed by atoms with Gasteiger partial charge in [-0.2, -0.15) is 0 Å². The lowest BCUT2D eigenvalue weighted by Crippen LogP contribution is -2.39. The van der Waals surface area contributed by atoms with E-state index >= 15 is 4.39 Å². The van der Waals surface area contributed by atoms with E-state index in [1.165, 1.54) is 17.4 Å². The summed E-state index contributed by atoms with van der Waals surface area (Å²) >= 11 is 1.31. The number of ether oxygens (including phenoxy) is 1. The van der Waals surface area contributed by atoms with Gasteiger partial charge in [0.2, 0.25) is 11.8 Å². The number of benzene rings is 3. The molecule has 45 heavy (non-hydrogen) atoms. The van der Waals surface area contributed by atoms with Crippen molar-refractivity contribution in [2.24, 2.45) is 0 Å². The number of rotatable bonds is 9. The highest BCUT2D eigenvalue weighted by Crippen LogP contribution is 2.33. The van der Waals surface area contributed by atoms with Crippen LogP contribution in [0.25, 0.3) is 21.3 Å². The van der Waals surface area contributed by atoms with Gasteiger partial charge >= 0.3 is 6.09 Å². The predicted octanol–water partition coefficient (Wildman–Crippen LogP) is 6.01. The third-order valence-electron chi connectivity index (χ3n) is 6.28. The van der Waals surface area contributed by atoms with Crippen LogP contribution in [0.4, 0.5) is 14.9 Å². The Kier molecular flexibility index (Phi) is 15.0. The monoisotopic (exact) mass is 636 g/mol. The summed E-state index contributed by atoms with van der Waals surface area (Å²) in [5, 5.41) is 8.67. The highest BCUT2D eigenvalue weighted by Gasteiger charge is 2.25. The van der Waals surface area contributed by atoms with E-state index in [4.69, 9.17) is 14.3 Å². The van der Waals surface area contributed by atoms with Crippen LogP contribution in [0.2, 0.25) is 0 Å². The third-order valence-corrected chi connectivity index (χ3v) is 7.48. The first-order chi connectivity index (χ1) is 21.9. The number of carbonyl (C=O) groups excluding carboxylic acids is 5. The molecule has 3 aromatic carbocycles. The molecular weight excluding hydrogens is 599 g/mol. The molecule has 1 heterocycles. The number of aromatic nitrogens is 1. The van der Waals surface area contributed by atoms with Gasteiger partial charge in [-0.3, -0.25) is 14.9 Å². The average Bonchev–Trinajstić information content (AvgIpc) is 3.81. The first kappa shape index (κ1) is 36.2. The van der Waals surface area contributed by atoms with Crippen molar-refractivity contribution in [3.8, 4) is 11.1 Å². The Morgan fingerprint density at radius 2 is 1.64 bits per heavy atom. The number of anilines is 1. The van der Waals surface area contributed by atoms with E-state index < -0.39 is 17.8 Å². The molecule has 1 aliphatic carbocycles. The zero-order valence-corrected chi connectivity index (χ0v) is 26.2. The standard InChI is InChI=1S/C29H27FN4O4S.C2H6.2CH2O/c1-17(27(36)31-15-26(35)32-20-11-12-20)28-34-24-14-23(30)22(13-25(24)39-28)19-7-9-21(10-8-19)33-29(37)38-16-18-5-3-2-4-6-18;3*1-2/h2-10,13-14,17,20H,11-12,15-16H2,1H3,(H,31,36)(H,32,35)(H,33,37);1-2H3;2*1H2. The number of nitrogens with one attached hydrogen (secondary N) is 3. The van der Waals surface area contributed by atoms with E-state index in [9.17, 15) is 14.4 Å². The van der Waals surface area contributed by atoms with E-state index in [0.717, 1.165) is 23.1 Å². The summed E-state index contributed by atoms with van der Waals surface area (Å²) in [7, 11) is 0. The Morgan fingerprint density at radius 3 is 2.27 bits per heavy atom. The van der Waals surface area contributed by atoms with Crippen LogP contribution < -0.4 is 16.0 Å². The van der Waals surface area contributed by atoms with Crippen molar-refractivity contribution >= 4 is 58.7 Å². The van der Waals surface area contributed by atoms with Gasteiger partial charge in [0.15, 0.2) is 0 Å². The molecule has 0 spiro atoms. The fourth-order valence-corrected chi connectivity index (χ4v) is 4.96. The molecule has 0 radical (unpaired) electrons. The Morgan fingerprint density at radius 1 is 1.00 bits per heavy atom. The fourth-order valence-electron chi connectivity index (χ4n) is 3.92. The van der Waals surface area contributed by atoms with Gasteiger partial charge in [-0.1, -0.05) is 56.3 Å². The molecule has 1 aliphatic rings. The van der Waals surface area contributed by atoms with Gasteiger partial charge in [-0.25, -0.2) is 14.2 Å². The number of amides is 3. The summed E-state index contributed by atoms with van der Waals surface area (Å²) in [5.74, 6) is -1.56. The van der Waals surface area contributed by atoms with Crippen LogP contribution in [0.15, 0.2) is 66.7 Å². The minimum Gasteiger partial charge on any atom is -0.444 e. The highest BCUT2D eigenvalue weighted by molar-refractivity contribution is 7.18. The third kappa shape index (κ3) is 10.9. The zero-order chi connectivity index (χ0) is 33.4. The largest absolute Gasteiger partial charge is 0.444 e. The molecule has 4 aromatic rings. The fraction of sp³-hybridized carbons (Fsp3) is 0.273. The molecule has 0 bridgehead atoms. The number of hydrogen-bond acceptors (Lipinski definition) is 8. The Bertz CT molecular complexity index is 1540. The average molecular weight is 637 g/mol. The van der Waals surface area contributed by atoms with Crippen molar-refractivity contribution in [3.63, 3.8) is 0 Å². The summed E-state index contributed by atoms with van der Waals surface area (Å²) in [6.07, 6.45) is 1.37. The summed E-state index contributed by atoms with van der Waals surface area (Å²) in [6, 6.07) is 19.4. The molecule has 5 rings (SSSR count). The van der Waals surface area contributed by atoms with Gasteiger partial charge in [0.1, 0.15) is 31.0 Å². The molecule has 0 saturated heterocycles. The zero-order valence-electron chi connectivity index (χ0n) is 25.4. The van der Waals surface area contributed by atoms with Crippen LogP contribution in [0.5, 0.6) is 0 Å². The van der Waals surface area contributed by atoms with Crippen LogP contribution in [0, 0.1) is 5.82 Å². The maximum absolute atomic E-state index is 15.0. The first-order valence-corrected chi connectivity index (χ1v) is 15.0. The topological polar surface area (TPSA) is 144 Å². The number of halogens is 1. The van der Waals surface area contributed by atoms with Gasteiger partial charge in [0.25, 0.3) is 0 Å². The number of nitrogens with zero attached hydrogens (tertiary/aromatic N) is 1. The van der Waals surface area contributed by atoms with E-state index in [1.54, 1.807) is 37.3 Å². The van der Waals surface area contributed by atoms with Crippen LogP contribution >= 0.6 is 11.3 Å². The van der Waals surface area contributed by atoms with Gasteiger partial charge < -0.3 is 25.0 Å². The number of thiazole rings is 1. The second-order valence-electron chi connectivity index (χ2n) is 9.40. The minimum absolute atomic E-state index is 0.0844. The second kappa shape index (κ2) is 18.6. The lowest BCUT2D eigenvalue weighted by atomic mass is 10.0. The van der Waals surface area contributed by atoms with Crippen LogP contribution in [-0.2, 0) is 30.5 Å². The van der Waals surface area contributed by atoms with Crippen molar-refractivity contribution in [3.05, 3.63) is 83.1 Å². The van der Waals surface area contributed by atoms with Gasteiger partial charge in [0, 0.05) is 23.4 Å². The van der Waals surface area contributed by atoms with Crippen molar-refractivity contribution in [2.75, 3.05) is 11.9 Å². The molecule has 1 atom stereocenters. The number of hydrogen-bond donors (Lipinski definition) is 3. The van der Waals surface area contributed by atoms with Gasteiger partial charge in [0.05, 0.1) is 22.7 Å². The Hall–Kier alpha value is -4.97. The summed E-state index contributed by atoms with van der Waals surface area (Å²) in [5.41, 5.74) is 2.86. The summed E-state index contributed by atoms with van der Waals surface area (Å²) in [6.45, 7) is 9.78. The summed E-state index contributed by atoms with van der Waals surface area (Å²) in [4.78, 5) is 57.0.